The minimum atomic E-state index is -1.79. The predicted octanol–water partition coefficient (Wildman–Crippen LogP) is -4.16. The molecule has 0 rings (SSSR count). The van der Waals surface area contributed by atoms with Crippen LogP contribution in [0.15, 0.2) is 0 Å². The third-order valence-corrected chi connectivity index (χ3v) is 12.4. The normalized spacial score (nSPS) is 15.4. The molecule has 0 aliphatic heterocycles. The van der Waals surface area contributed by atoms with Crippen LogP contribution in [0.3, 0.4) is 0 Å². The molecule has 30 nitrogen and oxygen atoms in total. The number of nitrogens with two attached hydrogens (primary N) is 4. The lowest BCUT2D eigenvalue weighted by atomic mass is 9.98. The summed E-state index contributed by atoms with van der Waals surface area (Å²) in [6, 6.07) is -14.9. The summed E-state index contributed by atoms with van der Waals surface area (Å²) < 4.78 is 0. The molecule has 468 valence electrons. The zero-order chi connectivity index (χ0) is 63.1. The molecular weight excluding hydrogens is 1080 g/mol. The van der Waals surface area contributed by atoms with Crippen LogP contribution < -0.4 is 70.8 Å². The molecule has 0 aromatic heterocycles. The third kappa shape index (κ3) is 30.7. The summed E-state index contributed by atoms with van der Waals surface area (Å²) in [6.07, 6.45) is -3.45. The number of aliphatic hydroxyl groups excluding tert-OH is 2. The fourth-order valence-electron chi connectivity index (χ4n) is 8.11. The van der Waals surface area contributed by atoms with Gasteiger partial charge < -0.3 is 91.2 Å². The first-order valence-corrected chi connectivity index (χ1v) is 27.6. The molecule has 0 heterocycles. The first-order chi connectivity index (χ1) is 38.1. The van der Waals surface area contributed by atoms with Crippen LogP contribution in [0.25, 0.3) is 0 Å². The van der Waals surface area contributed by atoms with E-state index in [-0.39, 0.29) is 55.8 Å². The van der Waals surface area contributed by atoms with E-state index < -0.39 is 189 Å². The van der Waals surface area contributed by atoms with E-state index >= 15 is 0 Å². The number of carbonyl (C=O) groups is 13. The topological polar surface area (TPSA) is 515 Å². The highest BCUT2D eigenvalue weighted by molar-refractivity contribution is 5.99. The van der Waals surface area contributed by atoms with Crippen molar-refractivity contribution in [3.8, 4) is 0 Å². The van der Waals surface area contributed by atoms with Gasteiger partial charge >= 0.3 is 11.9 Å². The maximum atomic E-state index is 14.2. The first-order valence-electron chi connectivity index (χ1n) is 27.6. The minimum absolute atomic E-state index is 0.0204. The standard InChI is InChI=1S/C52H93N13O17/c1-25(2)20-34(61-48(77)36(22-27(5)6)63-50(79)38(24-66)64-43(72)30(54)12-10-11-19-53)46(75)58-31(13-16-39(55)68)44(73)57-32(14-17-40(56)69)45(74)60-35(21-26(3)4)47(76)62-37(23-28(7)8)49(78)65-42(29(9)67)51(80)59-33(52(81)82)15-18-41(70)71/h25-38,42,66-67H,10-24,53-54H2,1-9H3,(H2,55,68)(H2,56,69)(H,57,73)(H,58,75)(H,59,80)(H,60,74)(H,61,77)(H,62,76)(H,63,79)(H,64,72)(H,65,78)(H,70,71)(H,81,82)/t29-,30+,31+,32+,33+,34+,35+,36+,37+,38+,42+/m1/s1. The number of aliphatic hydroxyl groups is 2. The van der Waals surface area contributed by atoms with Crippen molar-refractivity contribution in [1.82, 2.24) is 47.9 Å². The van der Waals surface area contributed by atoms with Crippen LogP contribution in [0.5, 0.6) is 0 Å². The monoisotopic (exact) mass is 1170 g/mol. The first kappa shape index (κ1) is 75.0. The number of hydrogen-bond donors (Lipinski definition) is 17. The molecule has 0 unspecified atom stereocenters. The molecule has 0 spiro atoms. The van der Waals surface area contributed by atoms with Crippen LogP contribution >= 0.6 is 0 Å². The van der Waals surface area contributed by atoms with Crippen molar-refractivity contribution < 1.29 is 82.8 Å². The zero-order valence-electron chi connectivity index (χ0n) is 48.7. The van der Waals surface area contributed by atoms with Gasteiger partial charge in [-0.05, 0) is 94.9 Å². The van der Waals surface area contributed by atoms with Crippen LogP contribution in [0.4, 0.5) is 0 Å². The van der Waals surface area contributed by atoms with Gasteiger partial charge in [0.15, 0.2) is 0 Å². The van der Waals surface area contributed by atoms with Crippen molar-refractivity contribution in [2.45, 2.75) is 212 Å². The van der Waals surface area contributed by atoms with Gasteiger partial charge in [-0.25, -0.2) is 4.79 Å². The average Bonchev–Trinajstić information content (AvgIpc) is 3.40. The highest BCUT2D eigenvalue weighted by atomic mass is 16.4. The minimum Gasteiger partial charge on any atom is -0.481 e. The van der Waals surface area contributed by atoms with Crippen LogP contribution in [-0.4, -0.2) is 177 Å². The molecule has 0 aromatic carbocycles. The van der Waals surface area contributed by atoms with E-state index in [9.17, 15) is 77.6 Å². The lowest BCUT2D eigenvalue weighted by Gasteiger charge is -2.29. The molecule has 0 saturated carbocycles. The van der Waals surface area contributed by atoms with Crippen molar-refractivity contribution in [1.29, 1.82) is 0 Å². The summed E-state index contributed by atoms with van der Waals surface area (Å²) in [4.78, 5) is 171. The van der Waals surface area contributed by atoms with E-state index in [1.54, 1.807) is 55.4 Å². The van der Waals surface area contributed by atoms with Gasteiger partial charge in [-0.1, -0.05) is 61.8 Å². The van der Waals surface area contributed by atoms with E-state index in [1.165, 1.54) is 0 Å². The number of amides is 11. The Morgan fingerprint density at radius 1 is 0.390 bits per heavy atom. The second-order valence-corrected chi connectivity index (χ2v) is 22.1. The van der Waals surface area contributed by atoms with E-state index in [1.807, 2.05) is 0 Å². The smallest absolute Gasteiger partial charge is 0.326 e. The van der Waals surface area contributed by atoms with Gasteiger partial charge in [-0.15, -0.1) is 0 Å². The Balaban J connectivity index is 6.84. The highest BCUT2D eigenvalue weighted by Gasteiger charge is 2.37. The van der Waals surface area contributed by atoms with Gasteiger partial charge in [0, 0.05) is 19.3 Å². The van der Waals surface area contributed by atoms with E-state index in [0.717, 1.165) is 6.92 Å². The molecule has 30 heteroatoms. The van der Waals surface area contributed by atoms with Crippen LogP contribution in [0.2, 0.25) is 0 Å². The fourth-order valence-corrected chi connectivity index (χ4v) is 8.11. The van der Waals surface area contributed by atoms with E-state index in [4.69, 9.17) is 28.0 Å². The quantitative estimate of drug-likeness (QED) is 0.0258. The van der Waals surface area contributed by atoms with Gasteiger partial charge in [-0.3, -0.25) is 57.5 Å². The number of rotatable bonds is 42. The SMILES string of the molecule is CC(C)C[C@H](NC(=O)[C@H](CC(C)C)NC(=O)[C@H](CO)NC(=O)[C@@H](N)CCCCN)C(=O)N[C@@H](CCC(N)=O)C(=O)N[C@@H](CCC(N)=O)C(=O)N[C@@H](CC(C)C)C(=O)N[C@@H](CC(C)C)C(=O)N[C@H](C(=O)N[C@@H](CCC(=O)O)C(=O)O)[C@@H](C)O. The molecule has 0 aliphatic carbocycles. The number of carboxylic acid groups (broad SMARTS) is 2. The Bertz CT molecular complexity index is 2160. The average molecular weight is 1170 g/mol. The molecule has 0 saturated heterocycles. The van der Waals surface area contributed by atoms with E-state index in [0.29, 0.717) is 19.4 Å². The van der Waals surface area contributed by atoms with Gasteiger partial charge in [0.1, 0.15) is 54.4 Å². The summed E-state index contributed by atoms with van der Waals surface area (Å²) in [5.41, 5.74) is 22.3. The Hall–Kier alpha value is -7.05. The molecule has 21 N–H and O–H groups in total. The molecule has 82 heavy (non-hydrogen) atoms. The van der Waals surface area contributed by atoms with Crippen LogP contribution in [0.1, 0.15) is 146 Å². The lowest BCUT2D eigenvalue weighted by molar-refractivity contribution is -0.144. The van der Waals surface area contributed by atoms with Gasteiger partial charge in [-0.2, -0.15) is 0 Å². The van der Waals surface area contributed by atoms with Crippen molar-refractivity contribution in [3.05, 3.63) is 0 Å². The molecule has 0 aromatic rings. The second-order valence-electron chi connectivity index (χ2n) is 22.1. The van der Waals surface area contributed by atoms with Gasteiger partial charge in [0.25, 0.3) is 0 Å². The molecule has 0 aliphatic rings. The summed E-state index contributed by atoms with van der Waals surface area (Å²) in [5.74, 6) is -14.5. The van der Waals surface area contributed by atoms with Gasteiger partial charge in [0.05, 0.1) is 18.8 Å². The summed E-state index contributed by atoms with van der Waals surface area (Å²) in [7, 11) is 0. The van der Waals surface area contributed by atoms with Crippen molar-refractivity contribution in [2.24, 2.45) is 46.6 Å². The van der Waals surface area contributed by atoms with E-state index in [2.05, 4.69) is 47.9 Å². The highest BCUT2D eigenvalue weighted by Crippen LogP contribution is 2.14. The van der Waals surface area contributed by atoms with Crippen LogP contribution in [0, 0.1) is 23.7 Å². The Morgan fingerprint density at radius 2 is 0.695 bits per heavy atom. The molecule has 11 atom stereocenters. The number of aliphatic carboxylic acids is 2. The largest absolute Gasteiger partial charge is 0.481 e. The fraction of sp³-hybridized carbons (Fsp3) is 0.750. The third-order valence-electron chi connectivity index (χ3n) is 12.4. The van der Waals surface area contributed by atoms with Crippen molar-refractivity contribution >= 4 is 76.9 Å². The van der Waals surface area contributed by atoms with Crippen molar-refractivity contribution in [2.75, 3.05) is 13.2 Å². The number of primary amides is 2. The number of carbonyl (C=O) groups excluding carboxylic acids is 11. The second kappa shape index (κ2) is 38.6. The van der Waals surface area contributed by atoms with Gasteiger partial charge in [0.2, 0.25) is 65.0 Å². The van der Waals surface area contributed by atoms with Crippen LogP contribution in [-0.2, 0) is 62.3 Å². The summed E-state index contributed by atoms with van der Waals surface area (Å²) in [5, 5.41) is 61.0. The summed E-state index contributed by atoms with van der Waals surface area (Å²) >= 11 is 0. The van der Waals surface area contributed by atoms with Crippen molar-refractivity contribution in [3.63, 3.8) is 0 Å². The number of hydrogen-bond acceptors (Lipinski definition) is 17. The Labute approximate surface area is 478 Å². The summed E-state index contributed by atoms with van der Waals surface area (Å²) in [6.45, 7) is 14.4. The number of nitrogens with one attached hydrogen (secondary N) is 9. The predicted molar refractivity (Wildman–Crippen MR) is 296 cm³/mol. The molecule has 0 bridgehead atoms. The molecule has 11 amide bonds. The molecule has 0 radical (unpaired) electrons. The Kier molecular flexibility index (Phi) is 35.3. The molecular formula is C52H93N13O17. The Morgan fingerprint density at radius 3 is 1.00 bits per heavy atom. The zero-order valence-corrected chi connectivity index (χ0v) is 48.7. The number of unbranched alkanes of at least 4 members (excludes halogenated alkanes) is 1. The maximum absolute atomic E-state index is 14.2. The maximum Gasteiger partial charge on any atom is 0.326 e. The molecule has 0 fully saturated rings. The lowest BCUT2D eigenvalue weighted by Crippen LogP contribution is -2.61. The number of carboxylic acids is 2.